The number of halogens is 1. The summed E-state index contributed by atoms with van der Waals surface area (Å²) in [4.78, 5) is 6.86. The van der Waals surface area contributed by atoms with Crippen LogP contribution in [-0.2, 0) is 6.54 Å². The zero-order valence-corrected chi connectivity index (χ0v) is 12.5. The SMILES string of the molecule is Clc1cccc(-c2cnc(CN3C[C@H]4CNC[C@H]4C3)o2)c1. The van der Waals surface area contributed by atoms with Crippen molar-refractivity contribution < 1.29 is 4.42 Å². The second-order valence-corrected chi connectivity index (χ2v) is 6.44. The summed E-state index contributed by atoms with van der Waals surface area (Å²) in [6.07, 6.45) is 1.79. The highest BCUT2D eigenvalue weighted by molar-refractivity contribution is 6.30. The summed E-state index contributed by atoms with van der Waals surface area (Å²) < 4.78 is 5.88. The summed E-state index contributed by atoms with van der Waals surface area (Å²) >= 11 is 6.02. The predicted molar refractivity (Wildman–Crippen MR) is 82.1 cm³/mol. The van der Waals surface area contributed by atoms with Crippen molar-refractivity contribution in [2.75, 3.05) is 26.2 Å². The molecule has 4 rings (SSSR count). The molecular weight excluding hydrogens is 286 g/mol. The molecule has 1 N–H and O–H groups in total. The van der Waals surface area contributed by atoms with Crippen LogP contribution in [0.4, 0.5) is 0 Å². The van der Waals surface area contributed by atoms with Crippen molar-refractivity contribution in [2.45, 2.75) is 6.54 Å². The molecule has 0 bridgehead atoms. The molecule has 4 nitrogen and oxygen atoms in total. The molecule has 1 aromatic carbocycles. The van der Waals surface area contributed by atoms with Gasteiger partial charge >= 0.3 is 0 Å². The Bertz CT molecular complexity index is 630. The smallest absolute Gasteiger partial charge is 0.209 e. The van der Waals surface area contributed by atoms with Gasteiger partial charge in [-0.1, -0.05) is 23.7 Å². The number of benzene rings is 1. The van der Waals surface area contributed by atoms with Gasteiger partial charge in [-0.25, -0.2) is 4.98 Å². The van der Waals surface area contributed by atoms with Gasteiger partial charge in [-0.15, -0.1) is 0 Å². The van der Waals surface area contributed by atoms with Gasteiger partial charge in [0.1, 0.15) is 0 Å². The van der Waals surface area contributed by atoms with Crippen molar-refractivity contribution in [3.63, 3.8) is 0 Å². The first kappa shape index (κ1) is 13.3. The highest BCUT2D eigenvalue weighted by Crippen LogP contribution is 2.28. The van der Waals surface area contributed by atoms with Crippen molar-refractivity contribution >= 4 is 11.6 Å². The molecular formula is C16H18ClN3O. The summed E-state index contributed by atoms with van der Waals surface area (Å²) in [5, 5.41) is 4.17. The number of oxazole rings is 1. The van der Waals surface area contributed by atoms with Crippen LogP contribution in [0.5, 0.6) is 0 Å². The Morgan fingerprint density at radius 2 is 2.10 bits per heavy atom. The molecule has 0 aliphatic carbocycles. The number of rotatable bonds is 3. The minimum atomic E-state index is 0.713. The Hall–Kier alpha value is -1.36. The van der Waals surface area contributed by atoms with Crippen LogP contribution < -0.4 is 5.32 Å². The number of hydrogen-bond acceptors (Lipinski definition) is 4. The van der Waals surface area contributed by atoms with E-state index in [1.54, 1.807) is 6.20 Å². The zero-order valence-electron chi connectivity index (χ0n) is 11.8. The van der Waals surface area contributed by atoms with Crippen molar-refractivity contribution in [3.8, 4) is 11.3 Å². The van der Waals surface area contributed by atoms with Crippen LogP contribution in [0.1, 0.15) is 5.89 Å². The number of nitrogens with zero attached hydrogens (tertiary/aromatic N) is 2. The van der Waals surface area contributed by atoms with Gasteiger partial charge in [0.2, 0.25) is 5.89 Å². The van der Waals surface area contributed by atoms with E-state index < -0.39 is 0 Å². The van der Waals surface area contributed by atoms with Gasteiger partial charge in [-0.3, -0.25) is 4.90 Å². The zero-order chi connectivity index (χ0) is 14.2. The van der Waals surface area contributed by atoms with Crippen LogP contribution in [0.3, 0.4) is 0 Å². The quantitative estimate of drug-likeness (QED) is 0.946. The lowest BCUT2D eigenvalue weighted by molar-refractivity contribution is 0.273. The lowest BCUT2D eigenvalue weighted by Gasteiger charge is -2.14. The Kier molecular flexibility index (Phi) is 3.45. The van der Waals surface area contributed by atoms with Crippen LogP contribution in [0, 0.1) is 11.8 Å². The molecule has 3 heterocycles. The van der Waals surface area contributed by atoms with Crippen LogP contribution in [0.25, 0.3) is 11.3 Å². The van der Waals surface area contributed by atoms with E-state index >= 15 is 0 Å². The minimum absolute atomic E-state index is 0.713. The van der Waals surface area contributed by atoms with E-state index in [9.17, 15) is 0 Å². The van der Waals surface area contributed by atoms with Gasteiger partial charge in [0.25, 0.3) is 0 Å². The monoisotopic (exact) mass is 303 g/mol. The molecule has 21 heavy (non-hydrogen) atoms. The number of aromatic nitrogens is 1. The first-order chi connectivity index (χ1) is 10.3. The molecule has 2 atom stereocenters. The molecule has 1 aromatic heterocycles. The molecule has 2 fully saturated rings. The molecule has 2 saturated heterocycles. The molecule has 0 unspecified atom stereocenters. The maximum Gasteiger partial charge on any atom is 0.209 e. The van der Waals surface area contributed by atoms with E-state index in [0.29, 0.717) is 5.02 Å². The molecule has 0 saturated carbocycles. The van der Waals surface area contributed by atoms with Crippen molar-refractivity contribution in [1.82, 2.24) is 15.2 Å². The summed E-state index contributed by atoms with van der Waals surface area (Å²) in [5.74, 6) is 3.17. The van der Waals surface area contributed by atoms with Crippen molar-refractivity contribution in [2.24, 2.45) is 11.8 Å². The highest BCUT2D eigenvalue weighted by atomic mass is 35.5. The first-order valence-electron chi connectivity index (χ1n) is 7.41. The van der Waals surface area contributed by atoms with E-state index in [-0.39, 0.29) is 0 Å². The molecule has 2 aliphatic rings. The second-order valence-electron chi connectivity index (χ2n) is 6.00. The summed E-state index contributed by atoms with van der Waals surface area (Å²) in [5.41, 5.74) is 0.976. The number of hydrogen-bond donors (Lipinski definition) is 1. The van der Waals surface area contributed by atoms with E-state index in [1.165, 1.54) is 0 Å². The molecule has 0 radical (unpaired) electrons. The molecule has 0 amide bonds. The number of likely N-dealkylation sites (tertiary alicyclic amines) is 1. The average molecular weight is 304 g/mol. The van der Waals surface area contributed by atoms with Gasteiger partial charge in [-0.2, -0.15) is 0 Å². The van der Waals surface area contributed by atoms with E-state index in [0.717, 1.165) is 61.8 Å². The fourth-order valence-electron chi connectivity index (χ4n) is 3.43. The topological polar surface area (TPSA) is 41.3 Å². The minimum Gasteiger partial charge on any atom is -0.439 e. The summed E-state index contributed by atoms with van der Waals surface area (Å²) in [7, 11) is 0. The maximum absolute atomic E-state index is 6.02. The first-order valence-corrected chi connectivity index (χ1v) is 7.79. The Morgan fingerprint density at radius 1 is 1.29 bits per heavy atom. The fraction of sp³-hybridized carbons (Fsp3) is 0.438. The normalized spacial score (nSPS) is 25.4. The van der Waals surface area contributed by atoms with E-state index in [4.69, 9.17) is 16.0 Å². The third-order valence-electron chi connectivity index (χ3n) is 4.49. The maximum atomic E-state index is 6.02. The Morgan fingerprint density at radius 3 is 2.86 bits per heavy atom. The Labute approximate surface area is 129 Å². The second kappa shape index (κ2) is 5.44. The van der Waals surface area contributed by atoms with Gasteiger partial charge < -0.3 is 9.73 Å². The highest BCUT2D eigenvalue weighted by Gasteiger charge is 2.36. The van der Waals surface area contributed by atoms with Gasteiger partial charge in [0, 0.05) is 23.7 Å². The third-order valence-corrected chi connectivity index (χ3v) is 4.72. The van der Waals surface area contributed by atoms with Crippen LogP contribution in [-0.4, -0.2) is 36.1 Å². The van der Waals surface area contributed by atoms with E-state index in [1.807, 2.05) is 24.3 Å². The Balaban J connectivity index is 1.45. The fourth-order valence-corrected chi connectivity index (χ4v) is 3.62. The largest absolute Gasteiger partial charge is 0.439 e. The molecule has 2 aliphatic heterocycles. The van der Waals surface area contributed by atoms with Gasteiger partial charge in [0.15, 0.2) is 5.76 Å². The van der Waals surface area contributed by atoms with E-state index in [2.05, 4.69) is 15.2 Å². The van der Waals surface area contributed by atoms with Crippen LogP contribution in [0.2, 0.25) is 5.02 Å². The molecule has 5 heteroatoms. The lowest BCUT2D eigenvalue weighted by atomic mass is 10.0. The predicted octanol–water partition coefficient (Wildman–Crippen LogP) is 2.65. The number of nitrogens with one attached hydrogen (secondary N) is 1. The summed E-state index contributed by atoms with van der Waals surface area (Å²) in [6, 6.07) is 7.67. The van der Waals surface area contributed by atoms with Gasteiger partial charge in [0.05, 0.1) is 12.7 Å². The van der Waals surface area contributed by atoms with Gasteiger partial charge in [-0.05, 0) is 37.1 Å². The van der Waals surface area contributed by atoms with Crippen molar-refractivity contribution in [3.05, 3.63) is 41.4 Å². The average Bonchev–Trinajstić information content (AvgIpc) is 3.14. The number of fused-ring (bicyclic) bond motifs is 1. The lowest BCUT2D eigenvalue weighted by Crippen LogP contribution is -2.25. The van der Waals surface area contributed by atoms with Crippen LogP contribution >= 0.6 is 11.6 Å². The molecule has 0 spiro atoms. The van der Waals surface area contributed by atoms with Crippen LogP contribution in [0.15, 0.2) is 34.9 Å². The molecule has 110 valence electrons. The third kappa shape index (κ3) is 2.71. The molecule has 2 aromatic rings. The standard InChI is InChI=1S/C16H18ClN3O/c17-14-3-1-2-11(4-14)15-7-19-16(21-15)10-20-8-12-5-18-6-13(12)9-20/h1-4,7,12-13,18H,5-6,8-10H2/t12-,13+. The van der Waals surface area contributed by atoms with Crippen molar-refractivity contribution in [1.29, 1.82) is 0 Å². The summed E-state index contributed by atoms with van der Waals surface area (Å²) in [6.45, 7) is 5.40.